The summed E-state index contributed by atoms with van der Waals surface area (Å²) in [7, 11) is 0. The van der Waals surface area contributed by atoms with E-state index in [2.05, 4.69) is 5.32 Å². The zero-order valence-corrected chi connectivity index (χ0v) is 11.7. The van der Waals surface area contributed by atoms with E-state index in [4.69, 9.17) is 4.74 Å². The smallest absolute Gasteiger partial charge is 0.260 e. The number of nitrogens with zero attached hydrogens (tertiary/aromatic N) is 1. The summed E-state index contributed by atoms with van der Waals surface area (Å²) in [5.41, 5.74) is 0. The van der Waals surface area contributed by atoms with Crippen LogP contribution in [-0.2, 0) is 4.79 Å². The molecule has 7 heteroatoms. The Morgan fingerprint density at radius 2 is 2.10 bits per heavy atom. The third kappa shape index (κ3) is 4.61. The van der Waals surface area contributed by atoms with E-state index >= 15 is 0 Å². The Morgan fingerprint density at radius 1 is 1.30 bits per heavy atom. The molecule has 1 aromatic rings. The minimum atomic E-state index is -0.801. The van der Waals surface area contributed by atoms with Crippen molar-refractivity contribution in [2.24, 2.45) is 0 Å². The number of ether oxygens (including phenoxy) is 1. The second-order valence-corrected chi connectivity index (χ2v) is 4.35. The maximum Gasteiger partial charge on any atom is 0.260 e. The molecule has 0 bridgehead atoms. The first-order valence-corrected chi connectivity index (χ1v) is 6.23. The van der Waals surface area contributed by atoms with Crippen LogP contribution < -0.4 is 10.1 Å². The van der Waals surface area contributed by atoms with Gasteiger partial charge in [0.25, 0.3) is 5.91 Å². The summed E-state index contributed by atoms with van der Waals surface area (Å²) in [6, 6.07) is 3.01. The van der Waals surface area contributed by atoms with E-state index in [1.807, 2.05) is 0 Å². The summed E-state index contributed by atoms with van der Waals surface area (Å²) in [6.07, 6.45) is 0.886. The lowest BCUT2D eigenvalue weighted by molar-refractivity contribution is -0.133. The van der Waals surface area contributed by atoms with Crippen LogP contribution in [0.25, 0.3) is 0 Å². The molecule has 1 heterocycles. The quantitative estimate of drug-likeness (QED) is 0.922. The second kappa shape index (κ2) is 8.01. The number of carbonyl (C=O) groups excluding carboxylic acids is 1. The van der Waals surface area contributed by atoms with Gasteiger partial charge in [0.05, 0.1) is 0 Å². The first-order chi connectivity index (χ1) is 9.16. The van der Waals surface area contributed by atoms with E-state index in [1.165, 1.54) is 6.07 Å². The van der Waals surface area contributed by atoms with Crippen molar-refractivity contribution in [3.05, 3.63) is 29.8 Å². The molecule has 0 unspecified atom stereocenters. The maximum atomic E-state index is 13.3. The SMILES string of the molecule is Cl.O=C(COc1ccc(F)cc1F)N1CCCNCC1. The molecule has 4 nitrogen and oxygen atoms in total. The Bertz CT molecular complexity index is 452. The van der Waals surface area contributed by atoms with Crippen molar-refractivity contribution >= 4 is 18.3 Å². The van der Waals surface area contributed by atoms with Gasteiger partial charge in [0.15, 0.2) is 18.2 Å². The van der Waals surface area contributed by atoms with Crippen LogP contribution in [0.4, 0.5) is 8.78 Å². The molecule has 1 N–H and O–H groups in total. The Balaban J connectivity index is 0.00000200. The Labute approximate surface area is 122 Å². The second-order valence-electron chi connectivity index (χ2n) is 4.35. The normalized spacial score (nSPS) is 15.2. The lowest BCUT2D eigenvalue weighted by Gasteiger charge is -2.20. The van der Waals surface area contributed by atoms with Crippen LogP contribution in [0.3, 0.4) is 0 Å². The predicted molar refractivity (Wildman–Crippen MR) is 73.2 cm³/mol. The van der Waals surface area contributed by atoms with Crippen molar-refractivity contribution in [2.45, 2.75) is 6.42 Å². The van der Waals surface area contributed by atoms with Crippen LogP contribution in [0.15, 0.2) is 18.2 Å². The van der Waals surface area contributed by atoms with Gasteiger partial charge in [0, 0.05) is 25.7 Å². The maximum absolute atomic E-state index is 13.3. The molecular weight excluding hydrogens is 290 g/mol. The zero-order chi connectivity index (χ0) is 13.7. The molecular formula is C13H17ClF2N2O2. The summed E-state index contributed by atoms with van der Waals surface area (Å²) < 4.78 is 31.1. The number of amides is 1. The fourth-order valence-electron chi connectivity index (χ4n) is 1.92. The van der Waals surface area contributed by atoms with E-state index < -0.39 is 11.6 Å². The average Bonchev–Trinajstić information content (AvgIpc) is 2.66. The highest BCUT2D eigenvalue weighted by Crippen LogP contribution is 2.17. The van der Waals surface area contributed by atoms with Gasteiger partial charge in [0.1, 0.15) is 5.82 Å². The molecule has 1 aliphatic rings. The third-order valence-corrected chi connectivity index (χ3v) is 2.94. The van der Waals surface area contributed by atoms with Crippen molar-refractivity contribution < 1.29 is 18.3 Å². The molecule has 1 aliphatic heterocycles. The van der Waals surface area contributed by atoms with Crippen LogP contribution in [0, 0.1) is 11.6 Å². The lowest BCUT2D eigenvalue weighted by atomic mass is 10.3. The zero-order valence-electron chi connectivity index (χ0n) is 10.9. The third-order valence-electron chi connectivity index (χ3n) is 2.94. The highest BCUT2D eigenvalue weighted by atomic mass is 35.5. The van der Waals surface area contributed by atoms with E-state index in [9.17, 15) is 13.6 Å². The Morgan fingerprint density at radius 3 is 2.85 bits per heavy atom. The summed E-state index contributed by atoms with van der Waals surface area (Å²) in [5, 5.41) is 3.18. The lowest BCUT2D eigenvalue weighted by Crippen LogP contribution is -2.37. The van der Waals surface area contributed by atoms with Crippen molar-refractivity contribution in [1.82, 2.24) is 10.2 Å². The highest BCUT2D eigenvalue weighted by Gasteiger charge is 2.16. The van der Waals surface area contributed by atoms with Crippen LogP contribution in [-0.4, -0.2) is 43.6 Å². The number of hydrogen-bond donors (Lipinski definition) is 1. The van der Waals surface area contributed by atoms with Crippen LogP contribution >= 0.6 is 12.4 Å². The first kappa shape index (κ1) is 16.7. The first-order valence-electron chi connectivity index (χ1n) is 6.23. The van der Waals surface area contributed by atoms with Gasteiger partial charge in [-0.1, -0.05) is 0 Å². The van der Waals surface area contributed by atoms with Gasteiger partial charge in [-0.25, -0.2) is 8.78 Å². The molecule has 1 fully saturated rings. The molecule has 2 rings (SSSR count). The van der Waals surface area contributed by atoms with Crippen molar-refractivity contribution in [3.8, 4) is 5.75 Å². The predicted octanol–water partition coefficient (Wildman–Crippen LogP) is 1.59. The Kier molecular flexibility index (Phi) is 6.67. The van der Waals surface area contributed by atoms with E-state index in [0.29, 0.717) is 13.1 Å². The highest BCUT2D eigenvalue weighted by molar-refractivity contribution is 5.85. The topological polar surface area (TPSA) is 41.6 Å². The molecule has 0 spiro atoms. The number of hydrogen-bond acceptors (Lipinski definition) is 3. The Hall–Kier alpha value is -1.40. The van der Waals surface area contributed by atoms with Crippen LogP contribution in [0.5, 0.6) is 5.75 Å². The van der Waals surface area contributed by atoms with Crippen molar-refractivity contribution in [1.29, 1.82) is 0 Å². The standard InChI is InChI=1S/C13H16F2N2O2.ClH/c14-10-2-3-12(11(15)8-10)19-9-13(18)17-6-1-4-16-5-7-17;/h2-3,8,16H,1,4-7,9H2;1H. The summed E-state index contributed by atoms with van der Waals surface area (Å²) in [6.45, 7) is 2.69. The van der Waals surface area contributed by atoms with Crippen LogP contribution in [0.2, 0.25) is 0 Å². The molecule has 0 radical (unpaired) electrons. The molecule has 20 heavy (non-hydrogen) atoms. The van der Waals surface area contributed by atoms with Gasteiger partial charge in [-0.15, -0.1) is 12.4 Å². The minimum Gasteiger partial charge on any atom is -0.481 e. The molecule has 1 amide bonds. The minimum absolute atomic E-state index is 0. The summed E-state index contributed by atoms with van der Waals surface area (Å²) >= 11 is 0. The van der Waals surface area contributed by atoms with E-state index in [-0.39, 0.29) is 30.7 Å². The number of carbonyl (C=O) groups is 1. The number of nitrogens with one attached hydrogen (secondary N) is 1. The fourth-order valence-corrected chi connectivity index (χ4v) is 1.92. The summed E-state index contributed by atoms with van der Waals surface area (Å²) in [5.74, 6) is -1.77. The molecule has 0 aliphatic carbocycles. The van der Waals surface area contributed by atoms with Gasteiger partial charge in [-0.2, -0.15) is 0 Å². The summed E-state index contributed by atoms with van der Waals surface area (Å²) in [4.78, 5) is 13.6. The van der Waals surface area contributed by atoms with E-state index in [0.717, 1.165) is 31.6 Å². The molecule has 0 saturated carbocycles. The number of halogens is 3. The van der Waals surface area contributed by atoms with Gasteiger partial charge in [-0.05, 0) is 25.1 Å². The largest absolute Gasteiger partial charge is 0.481 e. The van der Waals surface area contributed by atoms with Crippen LogP contribution in [0.1, 0.15) is 6.42 Å². The molecule has 0 atom stereocenters. The van der Waals surface area contributed by atoms with Gasteiger partial charge in [0.2, 0.25) is 0 Å². The molecule has 1 saturated heterocycles. The fraction of sp³-hybridized carbons (Fsp3) is 0.462. The monoisotopic (exact) mass is 306 g/mol. The average molecular weight is 307 g/mol. The van der Waals surface area contributed by atoms with E-state index in [1.54, 1.807) is 4.90 Å². The van der Waals surface area contributed by atoms with Gasteiger partial charge < -0.3 is 15.0 Å². The van der Waals surface area contributed by atoms with Crippen molar-refractivity contribution in [3.63, 3.8) is 0 Å². The molecule has 112 valence electrons. The number of rotatable bonds is 3. The van der Waals surface area contributed by atoms with Crippen molar-refractivity contribution in [2.75, 3.05) is 32.8 Å². The molecule has 0 aromatic heterocycles. The number of benzene rings is 1. The van der Waals surface area contributed by atoms with Gasteiger partial charge in [-0.3, -0.25) is 4.79 Å². The van der Waals surface area contributed by atoms with Gasteiger partial charge >= 0.3 is 0 Å². The molecule has 1 aromatic carbocycles.